The van der Waals surface area contributed by atoms with E-state index in [4.69, 9.17) is 26.2 Å². The van der Waals surface area contributed by atoms with E-state index in [0.717, 1.165) is 30.0 Å². The standard InChI is InChI=1S/C10H14N2O4.C10H16N2O2.C6H4FNO2.2ClH/c1-10(6-13,7-14)11-8-2-4-9(5-3-8)12(15)16;1-10(6-13,7-14)12-9-4-2-8(11)3-5-9;7-5-1-3-6(4-2-5)8(9)10;;/h2-5,11,13-14H,6-7H2,1H3;2-5,12-14H,6-7,11H2,1H3;1-4H;2*1H. The summed E-state index contributed by atoms with van der Waals surface area (Å²) in [6.07, 6.45) is 0. The molecule has 0 saturated heterocycles. The van der Waals surface area contributed by atoms with E-state index in [9.17, 15) is 24.6 Å². The Bertz CT molecular complexity index is 1200. The molecule has 0 unspecified atom stereocenters. The smallest absolute Gasteiger partial charge is 0.269 e. The van der Waals surface area contributed by atoms with Crippen LogP contribution in [0.25, 0.3) is 0 Å². The van der Waals surface area contributed by atoms with Gasteiger partial charge in [0.05, 0.1) is 47.4 Å². The van der Waals surface area contributed by atoms with Gasteiger partial charge in [0, 0.05) is 41.3 Å². The van der Waals surface area contributed by atoms with Crippen molar-refractivity contribution < 1.29 is 34.7 Å². The fourth-order valence-corrected chi connectivity index (χ4v) is 2.75. The summed E-state index contributed by atoms with van der Waals surface area (Å²) in [6.45, 7) is 2.65. The highest BCUT2D eigenvalue weighted by Crippen LogP contribution is 2.19. The van der Waals surface area contributed by atoms with E-state index >= 15 is 0 Å². The van der Waals surface area contributed by atoms with Gasteiger partial charge in [0.15, 0.2) is 0 Å². The lowest BCUT2D eigenvalue weighted by Gasteiger charge is -2.27. The summed E-state index contributed by atoms with van der Waals surface area (Å²) in [5.74, 6) is -0.467. The summed E-state index contributed by atoms with van der Waals surface area (Å²) >= 11 is 0. The third kappa shape index (κ3) is 14.2. The van der Waals surface area contributed by atoms with E-state index in [0.29, 0.717) is 11.4 Å². The van der Waals surface area contributed by atoms with Crippen LogP contribution in [-0.2, 0) is 0 Å². The predicted octanol–water partition coefficient (Wildman–Crippen LogP) is 3.75. The minimum Gasteiger partial charge on any atom is -0.399 e. The van der Waals surface area contributed by atoms with Crippen molar-refractivity contribution >= 4 is 53.3 Å². The Morgan fingerprint density at radius 2 is 0.952 bits per heavy atom. The second-order valence-electron chi connectivity index (χ2n) is 9.16. The normalized spacial score (nSPS) is 10.3. The largest absolute Gasteiger partial charge is 0.399 e. The molecule has 3 aromatic rings. The third-order valence-corrected chi connectivity index (χ3v) is 5.31. The molecule has 0 radical (unpaired) electrons. The number of benzene rings is 3. The fraction of sp³-hybridized carbons (Fsp3) is 0.308. The first-order valence-corrected chi connectivity index (χ1v) is 11.8. The number of hydrogen-bond donors (Lipinski definition) is 7. The zero-order valence-corrected chi connectivity index (χ0v) is 24.5. The molecule has 3 aromatic carbocycles. The number of aliphatic hydroxyl groups excluding tert-OH is 4. The molecule has 0 aliphatic heterocycles. The van der Waals surface area contributed by atoms with E-state index in [2.05, 4.69) is 10.6 Å². The van der Waals surface area contributed by atoms with Gasteiger partial charge in [-0.25, -0.2) is 4.39 Å². The Hall–Kier alpha value is -3.79. The molecule has 8 N–H and O–H groups in total. The molecule has 0 amide bonds. The van der Waals surface area contributed by atoms with Crippen molar-refractivity contribution in [1.82, 2.24) is 0 Å². The van der Waals surface area contributed by atoms with Crippen molar-refractivity contribution in [3.63, 3.8) is 0 Å². The van der Waals surface area contributed by atoms with Crippen LogP contribution in [0.3, 0.4) is 0 Å². The van der Waals surface area contributed by atoms with Crippen LogP contribution in [0.4, 0.5) is 32.8 Å². The van der Waals surface area contributed by atoms with Crippen molar-refractivity contribution in [2.45, 2.75) is 24.9 Å². The van der Waals surface area contributed by atoms with Crippen molar-refractivity contribution in [2.24, 2.45) is 0 Å². The number of nitrogens with zero attached hydrogens (tertiary/aromatic N) is 2. The number of anilines is 3. The van der Waals surface area contributed by atoms with Crippen LogP contribution in [0.2, 0.25) is 0 Å². The summed E-state index contributed by atoms with van der Waals surface area (Å²) in [7, 11) is 0. The molecule has 0 aliphatic rings. The number of aliphatic hydroxyl groups is 4. The summed E-state index contributed by atoms with van der Waals surface area (Å²) in [5, 5.41) is 62.6. The first-order chi connectivity index (χ1) is 18.8. The van der Waals surface area contributed by atoms with E-state index in [1.807, 2.05) is 0 Å². The number of nitrogens with one attached hydrogen (secondary N) is 2. The molecule has 3 rings (SSSR count). The third-order valence-electron chi connectivity index (χ3n) is 5.31. The second-order valence-corrected chi connectivity index (χ2v) is 9.16. The fourth-order valence-electron chi connectivity index (χ4n) is 2.75. The Kier molecular flexibility index (Phi) is 18.6. The molecule has 42 heavy (non-hydrogen) atoms. The van der Waals surface area contributed by atoms with Crippen molar-refractivity contribution in [3.8, 4) is 0 Å². The van der Waals surface area contributed by atoms with Crippen molar-refractivity contribution in [3.05, 3.63) is 98.8 Å². The molecule has 16 heteroatoms. The molecule has 0 spiro atoms. The topological polar surface area (TPSA) is 217 Å². The molecule has 0 atom stereocenters. The first-order valence-electron chi connectivity index (χ1n) is 11.8. The number of halogens is 3. The minimum atomic E-state index is -0.837. The van der Waals surface area contributed by atoms with Crippen LogP contribution >= 0.6 is 24.8 Å². The number of rotatable bonds is 10. The first kappa shape index (κ1) is 40.3. The molecule has 0 fully saturated rings. The van der Waals surface area contributed by atoms with E-state index < -0.39 is 26.7 Å². The van der Waals surface area contributed by atoms with Gasteiger partial charge in [0.2, 0.25) is 0 Å². The van der Waals surface area contributed by atoms with Crippen LogP contribution in [0.15, 0.2) is 72.8 Å². The predicted molar refractivity (Wildman–Crippen MR) is 164 cm³/mol. The van der Waals surface area contributed by atoms with Gasteiger partial charge < -0.3 is 36.8 Å². The number of nitro groups is 2. The number of nitrogens with two attached hydrogens (primary N) is 1. The maximum absolute atomic E-state index is 12.1. The Balaban J connectivity index is 0. The number of non-ortho nitro benzene ring substituents is 2. The molecule has 0 bridgehead atoms. The zero-order valence-electron chi connectivity index (χ0n) is 22.8. The highest BCUT2D eigenvalue weighted by Gasteiger charge is 2.22. The Labute approximate surface area is 254 Å². The lowest BCUT2D eigenvalue weighted by Crippen LogP contribution is -2.42. The number of nitro benzene ring substituents is 2. The van der Waals surface area contributed by atoms with Crippen LogP contribution in [-0.4, -0.2) is 67.8 Å². The van der Waals surface area contributed by atoms with Gasteiger partial charge in [0.1, 0.15) is 5.82 Å². The minimum absolute atomic E-state index is 0. The van der Waals surface area contributed by atoms with Gasteiger partial charge in [0.25, 0.3) is 11.4 Å². The second kappa shape index (κ2) is 19.4. The number of nitrogen functional groups attached to an aromatic ring is 1. The quantitative estimate of drug-likeness (QED) is 0.0966. The van der Waals surface area contributed by atoms with E-state index in [1.165, 1.54) is 24.3 Å². The molecule has 0 aromatic heterocycles. The van der Waals surface area contributed by atoms with Gasteiger partial charge >= 0.3 is 0 Å². The Morgan fingerprint density at radius 3 is 1.24 bits per heavy atom. The van der Waals surface area contributed by atoms with E-state index in [1.54, 1.807) is 38.1 Å². The average Bonchev–Trinajstić information content (AvgIpc) is 2.95. The molecule has 0 heterocycles. The van der Waals surface area contributed by atoms with Gasteiger partial charge in [-0.3, -0.25) is 20.2 Å². The molecule has 0 aliphatic carbocycles. The van der Waals surface area contributed by atoms with Crippen LogP contribution in [0.5, 0.6) is 0 Å². The molecule has 13 nitrogen and oxygen atoms in total. The highest BCUT2D eigenvalue weighted by atomic mass is 35.5. The summed E-state index contributed by atoms with van der Waals surface area (Å²) in [4.78, 5) is 19.4. The van der Waals surface area contributed by atoms with Crippen LogP contribution in [0.1, 0.15) is 13.8 Å². The molecular weight excluding hydrogens is 600 g/mol. The average molecular weight is 637 g/mol. The van der Waals surface area contributed by atoms with E-state index in [-0.39, 0.29) is 62.6 Å². The van der Waals surface area contributed by atoms with Gasteiger partial charge in [-0.05, 0) is 62.4 Å². The van der Waals surface area contributed by atoms with Gasteiger partial charge in [-0.1, -0.05) is 0 Å². The van der Waals surface area contributed by atoms with Crippen LogP contribution in [0, 0.1) is 26.0 Å². The zero-order chi connectivity index (χ0) is 30.3. The SMILES string of the molecule is CC(CO)(CO)Nc1ccc(N)cc1.CC(CO)(CO)Nc1ccc([N+](=O)[O-])cc1.Cl.Cl.O=[N+]([O-])c1ccc(F)cc1. The maximum Gasteiger partial charge on any atom is 0.269 e. The maximum atomic E-state index is 12.1. The van der Waals surface area contributed by atoms with Crippen molar-refractivity contribution in [1.29, 1.82) is 0 Å². The van der Waals surface area contributed by atoms with Gasteiger partial charge in [-0.2, -0.15) is 0 Å². The number of hydrogen-bond acceptors (Lipinski definition) is 11. The molecule has 0 saturated carbocycles. The van der Waals surface area contributed by atoms with Crippen molar-refractivity contribution in [2.75, 3.05) is 42.8 Å². The molecule has 234 valence electrons. The monoisotopic (exact) mass is 635 g/mol. The lowest BCUT2D eigenvalue weighted by molar-refractivity contribution is -0.385. The summed E-state index contributed by atoms with van der Waals surface area (Å²) < 4.78 is 12.1. The molecular formula is C26H36Cl2FN5O8. The van der Waals surface area contributed by atoms with Crippen LogP contribution < -0.4 is 16.4 Å². The van der Waals surface area contributed by atoms with Gasteiger partial charge in [-0.15, -0.1) is 24.8 Å². The lowest BCUT2D eigenvalue weighted by atomic mass is 10.1. The summed E-state index contributed by atoms with van der Waals surface area (Å²) in [5.41, 5.74) is 6.01. The summed E-state index contributed by atoms with van der Waals surface area (Å²) in [6, 6.07) is 17.3. The Morgan fingerprint density at radius 1 is 0.667 bits per heavy atom. The highest BCUT2D eigenvalue weighted by molar-refractivity contribution is 5.85.